The van der Waals surface area contributed by atoms with Gasteiger partial charge in [-0.2, -0.15) is 0 Å². The normalized spacial score (nSPS) is 26.1. The fourth-order valence-electron chi connectivity index (χ4n) is 1.63. The van der Waals surface area contributed by atoms with Crippen LogP contribution in [0.1, 0.15) is 13.8 Å². The van der Waals surface area contributed by atoms with Gasteiger partial charge >= 0.3 is 0 Å². The van der Waals surface area contributed by atoms with Crippen molar-refractivity contribution in [2.24, 2.45) is 5.84 Å². The average molecular weight is 197 g/mol. The van der Waals surface area contributed by atoms with E-state index in [4.69, 9.17) is 17.0 Å². The Bertz CT molecular complexity index is 212. The summed E-state index contributed by atoms with van der Waals surface area (Å²) in [6.45, 7) is 6.88. The third-order valence-corrected chi connectivity index (χ3v) is 2.59. The van der Waals surface area contributed by atoms with E-state index < -0.39 is 0 Å². The average Bonchev–Trinajstić information content (AvgIpc) is 2.20. The molecule has 0 radical (unpaired) electrons. The maximum absolute atomic E-state index is 5.58. The highest BCUT2D eigenvalue weighted by atomic mass is 16.5. The fourth-order valence-corrected chi connectivity index (χ4v) is 1.63. The fraction of sp³-hybridized carbons (Fsp3) is 0.800. The van der Waals surface area contributed by atoms with Crippen LogP contribution in [0, 0.1) is 12.3 Å². The van der Waals surface area contributed by atoms with Crippen LogP contribution in [0.25, 0.3) is 0 Å². The van der Waals surface area contributed by atoms with Crippen LogP contribution >= 0.6 is 0 Å². The topological polar surface area (TPSA) is 50.5 Å². The highest BCUT2D eigenvalue weighted by Gasteiger charge is 2.27. The maximum Gasteiger partial charge on any atom is 0.109 e. The second kappa shape index (κ2) is 5.32. The number of nitrogens with two attached hydrogens (primary N) is 1. The lowest BCUT2D eigenvalue weighted by Gasteiger charge is -2.37. The monoisotopic (exact) mass is 197 g/mol. The molecule has 0 aliphatic carbocycles. The third kappa shape index (κ3) is 2.69. The van der Waals surface area contributed by atoms with Gasteiger partial charge in [0.15, 0.2) is 0 Å². The van der Waals surface area contributed by atoms with Crippen molar-refractivity contribution in [2.75, 3.05) is 19.7 Å². The van der Waals surface area contributed by atoms with E-state index in [9.17, 15) is 0 Å². The van der Waals surface area contributed by atoms with Gasteiger partial charge in [-0.05, 0) is 13.8 Å². The van der Waals surface area contributed by atoms with Gasteiger partial charge in [0, 0.05) is 19.1 Å². The molecule has 1 saturated heterocycles. The van der Waals surface area contributed by atoms with E-state index in [2.05, 4.69) is 30.1 Å². The van der Waals surface area contributed by atoms with Crippen LogP contribution in [0.2, 0.25) is 0 Å². The Morgan fingerprint density at radius 1 is 1.64 bits per heavy atom. The minimum absolute atomic E-state index is 0.00106. The van der Waals surface area contributed by atoms with Crippen LogP contribution < -0.4 is 11.3 Å². The molecule has 80 valence electrons. The lowest BCUT2D eigenvalue weighted by molar-refractivity contribution is -0.0468. The minimum Gasteiger partial charge on any atom is -0.373 e. The van der Waals surface area contributed by atoms with Gasteiger partial charge in [-0.3, -0.25) is 10.7 Å². The largest absolute Gasteiger partial charge is 0.373 e. The molecule has 3 N–H and O–H groups in total. The molecule has 0 spiro atoms. The Balaban J connectivity index is 2.51. The van der Waals surface area contributed by atoms with Gasteiger partial charge in [0.2, 0.25) is 0 Å². The van der Waals surface area contributed by atoms with Crippen molar-refractivity contribution in [2.45, 2.75) is 32.0 Å². The van der Waals surface area contributed by atoms with Crippen molar-refractivity contribution >= 4 is 0 Å². The number of terminal acetylenes is 1. The molecule has 2 atom stereocenters. The van der Waals surface area contributed by atoms with Crippen molar-refractivity contribution in [3.05, 3.63) is 0 Å². The molecular weight excluding hydrogens is 178 g/mol. The molecule has 0 aromatic rings. The van der Waals surface area contributed by atoms with Crippen molar-refractivity contribution in [1.29, 1.82) is 0 Å². The van der Waals surface area contributed by atoms with Gasteiger partial charge in [-0.1, -0.05) is 5.92 Å². The number of morpholine rings is 1. The number of ether oxygens (including phenoxy) is 1. The van der Waals surface area contributed by atoms with Crippen LogP contribution in [0.4, 0.5) is 0 Å². The molecule has 1 heterocycles. The first-order chi connectivity index (χ1) is 6.69. The summed E-state index contributed by atoms with van der Waals surface area (Å²) in [5, 5.41) is 0. The summed E-state index contributed by atoms with van der Waals surface area (Å²) in [4.78, 5) is 2.34. The third-order valence-electron chi connectivity index (χ3n) is 2.59. The van der Waals surface area contributed by atoms with Gasteiger partial charge < -0.3 is 4.74 Å². The Kier molecular flexibility index (Phi) is 4.36. The van der Waals surface area contributed by atoms with E-state index in [0.717, 1.165) is 19.7 Å². The Labute approximate surface area is 85.8 Å². The predicted molar refractivity (Wildman–Crippen MR) is 56.4 cm³/mol. The molecule has 1 aliphatic rings. The zero-order chi connectivity index (χ0) is 10.6. The van der Waals surface area contributed by atoms with E-state index >= 15 is 0 Å². The number of rotatable bonds is 3. The summed E-state index contributed by atoms with van der Waals surface area (Å²) in [6, 6.07) is 0.328. The van der Waals surface area contributed by atoms with Gasteiger partial charge in [0.25, 0.3) is 0 Å². The van der Waals surface area contributed by atoms with Gasteiger partial charge in [-0.15, -0.1) is 6.42 Å². The van der Waals surface area contributed by atoms with Gasteiger partial charge in [0.1, 0.15) is 6.04 Å². The van der Waals surface area contributed by atoms with Crippen LogP contribution in [-0.2, 0) is 4.74 Å². The molecule has 14 heavy (non-hydrogen) atoms. The first-order valence-corrected chi connectivity index (χ1v) is 4.97. The molecule has 0 saturated carbocycles. The molecule has 1 aliphatic heterocycles. The summed E-state index contributed by atoms with van der Waals surface area (Å²) < 4.78 is 5.58. The quantitative estimate of drug-likeness (QED) is 0.366. The van der Waals surface area contributed by atoms with E-state index in [-0.39, 0.29) is 12.1 Å². The number of hydrazine groups is 1. The summed E-state index contributed by atoms with van der Waals surface area (Å²) >= 11 is 0. The van der Waals surface area contributed by atoms with Gasteiger partial charge in [-0.25, -0.2) is 5.43 Å². The van der Waals surface area contributed by atoms with E-state index in [1.165, 1.54) is 0 Å². The van der Waals surface area contributed by atoms with Crippen molar-refractivity contribution in [3.63, 3.8) is 0 Å². The lowest BCUT2D eigenvalue weighted by atomic mass is 10.1. The zero-order valence-electron chi connectivity index (χ0n) is 8.86. The smallest absolute Gasteiger partial charge is 0.109 e. The number of hydrogen-bond acceptors (Lipinski definition) is 4. The second-order valence-corrected chi connectivity index (χ2v) is 3.81. The van der Waals surface area contributed by atoms with E-state index in [0.29, 0.717) is 6.04 Å². The number of hydrogen-bond donors (Lipinski definition) is 2. The van der Waals surface area contributed by atoms with Gasteiger partial charge in [0.05, 0.1) is 12.7 Å². The zero-order valence-corrected chi connectivity index (χ0v) is 8.86. The molecule has 2 unspecified atom stereocenters. The van der Waals surface area contributed by atoms with Crippen molar-refractivity contribution in [3.8, 4) is 12.3 Å². The van der Waals surface area contributed by atoms with Crippen molar-refractivity contribution < 1.29 is 4.74 Å². The summed E-state index contributed by atoms with van der Waals surface area (Å²) in [5.74, 6) is 7.94. The molecule has 1 fully saturated rings. The van der Waals surface area contributed by atoms with E-state index in [1.54, 1.807) is 0 Å². The highest BCUT2D eigenvalue weighted by molar-refractivity contribution is 5.03. The number of nitrogens with one attached hydrogen (secondary N) is 1. The van der Waals surface area contributed by atoms with Crippen molar-refractivity contribution in [1.82, 2.24) is 10.3 Å². The molecule has 1 rings (SSSR count). The SMILES string of the molecule is C#CC(NN)C1CN(C(C)C)CCO1. The second-order valence-electron chi connectivity index (χ2n) is 3.81. The summed E-state index contributed by atoms with van der Waals surface area (Å²) in [5.41, 5.74) is 2.59. The molecular formula is C10H19N3O. The summed E-state index contributed by atoms with van der Waals surface area (Å²) in [7, 11) is 0. The predicted octanol–water partition coefficient (Wildman–Crippen LogP) is -0.439. The Hall–Kier alpha value is -0.600. The lowest BCUT2D eigenvalue weighted by Crippen LogP contribution is -2.54. The highest BCUT2D eigenvalue weighted by Crippen LogP contribution is 2.10. The Morgan fingerprint density at radius 2 is 2.36 bits per heavy atom. The first kappa shape index (κ1) is 11.5. The first-order valence-electron chi connectivity index (χ1n) is 4.97. The molecule has 4 nitrogen and oxygen atoms in total. The standard InChI is InChI=1S/C10H19N3O/c1-4-9(12-11)10-7-13(8(2)3)5-6-14-10/h1,8-10,12H,5-7,11H2,2-3H3. The maximum atomic E-state index is 5.58. The Morgan fingerprint density at radius 3 is 2.86 bits per heavy atom. The summed E-state index contributed by atoms with van der Waals surface area (Å²) in [6.07, 6.45) is 5.35. The van der Waals surface area contributed by atoms with Crippen LogP contribution in [-0.4, -0.2) is 42.8 Å². The van der Waals surface area contributed by atoms with E-state index in [1.807, 2.05) is 0 Å². The van der Waals surface area contributed by atoms with Crippen LogP contribution in [0.15, 0.2) is 0 Å². The molecule has 0 aromatic carbocycles. The van der Waals surface area contributed by atoms with Crippen LogP contribution in [0.3, 0.4) is 0 Å². The molecule has 4 heteroatoms. The molecule has 0 aromatic heterocycles. The number of nitrogens with zero attached hydrogens (tertiary/aromatic N) is 1. The van der Waals surface area contributed by atoms with Crippen LogP contribution in [0.5, 0.6) is 0 Å². The molecule has 0 bridgehead atoms. The minimum atomic E-state index is -0.198. The molecule has 0 amide bonds.